The number of rotatable bonds is 1. The van der Waals surface area contributed by atoms with Gasteiger partial charge < -0.3 is 0 Å². The van der Waals surface area contributed by atoms with Crippen molar-refractivity contribution in [2.45, 2.75) is 13.1 Å². The Morgan fingerprint density at radius 1 is 1.38 bits per heavy atom. The van der Waals surface area contributed by atoms with Crippen molar-refractivity contribution in [3.8, 4) is 5.82 Å². The van der Waals surface area contributed by atoms with Crippen LogP contribution in [0.5, 0.6) is 0 Å². The molecule has 0 aromatic carbocycles. The zero-order valence-electron chi connectivity index (χ0n) is 8.76. The van der Waals surface area contributed by atoms with E-state index >= 15 is 0 Å². The van der Waals surface area contributed by atoms with Crippen molar-refractivity contribution in [1.82, 2.24) is 24.6 Å². The van der Waals surface area contributed by atoms with Crippen molar-refractivity contribution in [3.63, 3.8) is 0 Å². The van der Waals surface area contributed by atoms with Crippen molar-refractivity contribution in [1.29, 1.82) is 0 Å². The molecule has 0 spiro atoms. The minimum atomic E-state index is 0.241. The lowest BCUT2D eigenvalue weighted by Crippen LogP contribution is -2.10. The Kier molecular flexibility index (Phi) is 2.15. The largest absolute Gasteiger partial charge is 0.296 e. The standard InChI is InChI=1S/C10H10ClN5/c1-15-4-7-5-16(14-8(7)6-15)9-2-3-12-10(11)13-9/h2-3,5H,4,6H2,1H3. The van der Waals surface area contributed by atoms with Crippen molar-refractivity contribution in [2.75, 3.05) is 7.05 Å². The van der Waals surface area contributed by atoms with E-state index in [0.29, 0.717) is 5.82 Å². The van der Waals surface area contributed by atoms with Crippen LogP contribution in [0.15, 0.2) is 18.5 Å². The van der Waals surface area contributed by atoms with Gasteiger partial charge in [-0.25, -0.2) is 9.67 Å². The minimum Gasteiger partial charge on any atom is -0.296 e. The molecule has 0 radical (unpaired) electrons. The molecule has 0 fully saturated rings. The average Bonchev–Trinajstić information content (AvgIpc) is 2.74. The predicted molar refractivity (Wildman–Crippen MR) is 59.3 cm³/mol. The number of aromatic nitrogens is 4. The first-order valence-electron chi connectivity index (χ1n) is 4.97. The van der Waals surface area contributed by atoms with Gasteiger partial charge in [-0.15, -0.1) is 0 Å². The van der Waals surface area contributed by atoms with Crippen LogP contribution in [0.4, 0.5) is 0 Å². The second-order valence-corrected chi connectivity index (χ2v) is 4.24. The number of halogens is 1. The smallest absolute Gasteiger partial charge is 0.224 e. The topological polar surface area (TPSA) is 46.8 Å². The fourth-order valence-corrected chi connectivity index (χ4v) is 2.03. The molecule has 3 heterocycles. The SMILES string of the molecule is CN1Cc2cn(-c3ccnc(Cl)n3)nc2C1. The first-order chi connectivity index (χ1) is 7.72. The van der Waals surface area contributed by atoms with Gasteiger partial charge in [0, 0.05) is 37.1 Å². The maximum Gasteiger partial charge on any atom is 0.224 e. The Morgan fingerprint density at radius 2 is 2.25 bits per heavy atom. The zero-order valence-corrected chi connectivity index (χ0v) is 9.52. The average molecular weight is 236 g/mol. The second-order valence-electron chi connectivity index (χ2n) is 3.90. The molecule has 0 saturated carbocycles. The summed E-state index contributed by atoms with van der Waals surface area (Å²) in [6.45, 7) is 1.83. The van der Waals surface area contributed by atoms with Gasteiger partial charge in [-0.05, 0) is 18.6 Å². The van der Waals surface area contributed by atoms with E-state index < -0.39 is 0 Å². The van der Waals surface area contributed by atoms with Gasteiger partial charge in [-0.1, -0.05) is 0 Å². The van der Waals surface area contributed by atoms with E-state index in [1.54, 1.807) is 16.9 Å². The van der Waals surface area contributed by atoms with Crippen LogP contribution >= 0.6 is 11.6 Å². The molecule has 1 aliphatic heterocycles. The fraction of sp³-hybridized carbons (Fsp3) is 0.300. The summed E-state index contributed by atoms with van der Waals surface area (Å²) >= 11 is 5.74. The number of hydrogen-bond donors (Lipinski definition) is 0. The fourth-order valence-electron chi connectivity index (χ4n) is 1.88. The van der Waals surface area contributed by atoms with Crippen LogP contribution in [0.2, 0.25) is 5.28 Å². The van der Waals surface area contributed by atoms with E-state index in [0.717, 1.165) is 18.8 Å². The highest BCUT2D eigenvalue weighted by Gasteiger charge is 2.20. The molecule has 0 bridgehead atoms. The van der Waals surface area contributed by atoms with Crippen molar-refractivity contribution in [2.24, 2.45) is 0 Å². The maximum atomic E-state index is 5.74. The van der Waals surface area contributed by atoms with E-state index in [9.17, 15) is 0 Å². The van der Waals surface area contributed by atoms with Gasteiger partial charge in [-0.3, -0.25) is 4.90 Å². The molecule has 0 saturated heterocycles. The third-order valence-corrected chi connectivity index (χ3v) is 2.77. The number of nitrogens with zero attached hydrogens (tertiary/aromatic N) is 5. The van der Waals surface area contributed by atoms with E-state index in [4.69, 9.17) is 11.6 Å². The molecule has 1 aliphatic rings. The number of hydrogen-bond acceptors (Lipinski definition) is 4. The lowest BCUT2D eigenvalue weighted by molar-refractivity contribution is 0.347. The van der Waals surface area contributed by atoms with Gasteiger partial charge in [0.25, 0.3) is 0 Å². The molecule has 0 amide bonds. The summed E-state index contributed by atoms with van der Waals surface area (Å²) in [6.07, 6.45) is 3.63. The minimum absolute atomic E-state index is 0.241. The first-order valence-corrected chi connectivity index (χ1v) is 5.35. The first kappa shape index (κ1) is 9.74. The van der Waals surface area contributed by atoms with Crippen LogP contribution in [-0.2, 0) is 13.1 Å². The molecule has 2 aromatic rings. The Hall–Kier alpha value is -1.46. The summed E-state index contributed by atoms with van der Waals surface area (Å²) in [7, 11) is 2.08. The normalized spacial score (nSPS) is 15.4. The Labute approximate surface area is 97.7 Å². The molecule has 3 rings (SSSR count). The molecule has 2 aromatic heterocycles. The predicted octanol–water partition coefficient (Wildman–Crippen LogP) is 1.26. The van der Waals surface area contributed by atoms with E-state index in [1.807, 2.05) is 6.20 Å². The summed E-state index contributed by atoms with van der Waals surface area (Å²) in [5, 5.41) is 4.72. The lowest BCUT2D eigenvalue weighted by atomic mass is 10.3. The summed E-state index contributed by atoms with van der Waals surface area (Å²) < 4.78 is 1.76. The van der Waals surface area contributed by atoms with Gasteiger partial charge in [0.05, 0.1) is 5.69 Å². The van der Waals surface area contributed by atoms with Gasteiger partial charge in [0.1, 0.15) is 0 Å². The van der Waals surface area contributed by atoms with Crippen LogP contribution in [0.1, 0.15) is 11.3 Å². The van der Waals surface area contributed by atoms with Gasteiger partial charge in [-0.2, -0.15) is 10.1 Å². The quantitative estimate of drug-likeness (QED) is 0.699. The lowest BCUT2D eigenvalue weighted by Gasteiger charge is -2.05. The monoisotopic (exact) mass is 235 g/mol. The molecule has 0 aliphatic carbocycles. The Bertz CT molecular complexity index is 512. The second kappa shape index (κ2) is 3.54. The van der Waals surface area contributed by atoms with Crippen LogP contribution in [0.25, 0.3) is 5.82 Å². The third-order valence-electron chi connectivity index (χ3n) is 2.58. The van der Waals surface area contributed by atoms with Crippen LogP contribution in [-0.4, -0.2) is 31.7 Å². The Balaban J connectivity index is 2.00. The Morgan fingerprint density at radius 3 is 3.00 bits per heavy atom. The van der Waals surface area contributed by atoms with Crippen LogP contribution in [0, 0.1) is 0 Å². The molecule has 0 atom stereocenters. The highest BCUT2D eigenvalue weighted by Crippen LogP contribution is 2.20. The maximum absolute atomic E-state index is 5.74. The van der Waals surface area contributed by atoms with E-state index in [-0.39, 0.29) is 5.28 Å². The van der Waals surface area contributed by atoms with E-state index in [1.165, 1.54) is 5.56 Å². The summed E-state index contributed by atoms with van der Waals surface area (Å²) in [5.74, 6) is 0.706. The molecule has 5 nitrogen and oxygen atoms in total. The van der Waals surface area contributed by atoms with Crippen LogP contribution < -0.4 is 0 Å². The molecule has 0 unspecified atom stereocenters. The molecule has 82 valence electrons. The highest BCUT2D eigenvalue weighted by atomic mass is 35.5. The van der Waals surface area contributed by atoms with Gasteiger partial charge in [0.15, 0.2) is 5.82 Å². The summed E-state index contributed by atoms with van der Waals surface area (Å²) in [6, 6.07) is 1.79. The van der Waals surface area contributed by atoms with Gasteiger partial charge >= 0.3 is 0 Å². The molecule has 16 heavy (non-hydrogen) atoms. The number of fused-ring (bicyclic) bond motifs is 1. The van der Waals surface area contributed by atoms with Gasteiger partial charge in [0.2, 0.25) is 5.28 Å². The molecular weight excluding hydrogens is 226 g/mol. The van der Waals surface area contributed by atoms with Crippen molar-refractivity contribution >= 4 is 11.6 Å². The summed E-state index contributed by atoms with van der Waals surface area (Å²) in [5.41, 5.74) is 2.36. The van der Waals surface area contributed by atoms with Crippen molar-refractivity contribution in [3.05, 3.63) is 35.0 Å². The van der Waals surface area contributed by atoms with Crippen molar-refractivity contribution < 1.29 is 0 Å². The van der Waals surface area contributed by atoms with E-state index in [2.05, 4.69) is 27.0 Å². The third kappa shape index (κ3) is 1.58. The summed E-state index contributed by atoms with van der Waals surface area (Å²) in [4.78, 5) is 10.2. The zero-order chi connectivity index (χ0) is 11.1. The molecule has 6 heteroatoms. The highest BCUT2D eigenvalue weighted by molar-refractivity contribution is 6.28. The molecule has 0 N–H and O–H groups in total. The molecular formula is C10H10ClN5. The van der Waals surface area contributed by atoms with Crippen LogP contribution in [0.3, 0.4) is 0 Å².